The first-order chi connectivity index (χ1) is 7.13. The van der Waals surface area contributed by atoms with Gasteiger partial charge in [0.15, 0.2) is 0 Å². The van der Waals surface area contributed by atoms with Crippen molar-refractivity contribution in [2.24, 2.45) is 0 Å². The van der Waals surface area contributed by atoms with E-state index in [-0.39, 0.29) is 0 Å². The van der Waals surface area contributed by atoms with Crippen LogP contribution in [0.5, 0.6) is 0 Å². The van der Waals surface area contributed by atoms with E-state index in [1.165, 1.54) is 6.20 Å². The van der Waals surface area contributed by atoms with Gasteiger partial charge in [-0.3, -0.25) is 4.98 Å². The molecule has 0 spiro atoms. The molecule has 5 heteroatoms. The summed E-state index contributed by atoms with van der Waals surface area (Å²) in [4.78, 5) is 4.11. The zero-order chi connectivity index (χ0) is 11.0. The van der Waals surface area contributed by atoms with Gasteiger partial charge in [-0.25, -0.2) is 0 Å². The minimum atomic E-state index is 0.363. The third-order valence-electron chi connectivity index (χ3n) is 1.94. The molecule has 0 bridgehead atoms. The summed E-state index contributed by atoms with van der Waals surface area (Å²) in [7, 11) is 0. The van der Waals surface area contributed by atoms with Crippen LogP contribution in [0.4, 0.5) is 0 Å². The van der Waals surface area contributed by atoms with Crippen LogP contribution >= 0.6 is 45.8 Å². The highest BCUT2D eigenvalue weighted by Gasteiger charge is 2.09. The maximum atomic E-state index is 8.81. The highest BCUT2D eigenvalue weighted by molar-refractivity contribution is 14.1. The lowest BCUT2D eigenvalue weighted by molar-refractivity contribution is 1.37. The van der Waals surface area contributed by atoms with Gasteiger partial charge in [0, 0.05) is 15.2 Å². The molecule has 0 aliphatic rings. The zero-order valence-corrected chi connectivity index (χ0v) is 10.9. The molecule has 0 saturated carbocycles. The smallest absolute Gasteiger partial charge is 0.102 e. The molecule has 1 aromatic carbocycles. The van der Waals surface area contributed by atoms with E-state index < -0.39 is 0 Å². The van der Waals surface area contributed by atoms with Gasteiger partial charge in [-0.2, -0.15) is 5.26 Å². The topological polar surface area (TPSA) is 36.7 Å². The summed E-state index contributed by atoms with van der Waals surface area (Å²) in [6, 6.07) is 5.65. The van der Waals surface area contributed by atoms with Crippen LogP contribution in [-0.2, 0) is 0 Å². The van der Waals surface area contributed by atoms with E-state index in [1.807, 2.05) is 12.1 Å². The Hall–Kier alpha value is -0.570. The van der Waals surface area contributed by atoms with Crippen LogP contribution < -0.4 is 0 Å². The van der Waals surface area contributed by atoms with E-state index >= 15 is 0 Å². The number of nitriles is 1. The molecule has 0 saturated heterocycles. The number of hydrogen-bond donors (Lipinski definition) is 0. The van der Waals surface area contributed by atoms with Gasteiger partial charge in [0.2, 0.25) is 0 Å². The predicted octanol–water partition coefficient (Wildman–Crippen LogP) is 4.02. The van der Waals surface area contributed by atoms with Crippen LogP contribution in [0.3, 0.4) is 0 Å². The van der Waals surface area contributed by atoms with Crippen molar-refractivity contribution >= 4 is 56.7 Å². The van der Waals surface area contributed by atoms with Crippen LogP contribution in [0.15, 0.2) is 18.3 Å². The van der Waals surface area contributed by atoms with Crippen molar-refractivity contribution in [3.05, 3.63) is 37.5 Å². The zero-order valence-electron chi connectivity index (χ0n) is 7.26. The fourth-order valence-electron chi connectivity index (χ4n) is 1.27. The van der Waals surface area contributed by atoms with E-state index in [0.29, 0.717) is 26.5 Å². The minimum absolute atomic E-state index is 0.363. The molecule has 0 atom stereocenters. The van der Waals surface area contributed by atoms with Gasteiger partial charge in [0.1, 0.15) is 6.07 Å². The number of fused-ring (bicyclic) bond motifs is 1. The number of aromatic nitrogens is 1. The predicted molar refractivity (Wildman–Crippen MR) is 69.2 cm³/mol. The number of rotatable bonds is 0. The van der Waals surface area contributed by atoms with Crippen LogP contribution in [0, 0.1) is 14.9 Å². The lowest BCUT2D eigenvalue weighted by Gasteiger charge is -2.04. The summed E-state index contributed by atoms with van der Waals surface area (Å²) in [5, 5.41) is 10.5. The van der Waals surface area contributed by atoms with Gasteiger partial charge in [-0.05, 0) is 34.7 Å². The van der Waals surface area contributed by atoms with Crippen LogP contribution in [0.25, 0.3) is 10.9 Å². The second-order valence-corrected chi connectivity index (χ2v) is 4.91. The number of benzene rings is 1. The van der Waals surface area contributed by atoms with E-state index in [2.05, 4.69) is 27.6 Å². The highest BCUT2D eigenvalue weighted by atomic mass is 127. The second-order valence-electron chi connectivity index (χ2n) is 2.88. The minimum Gasteiger partial charge on any atom is -0.253 e. The third kappa shape index (κ3) is 1.89. The molecular formula is C10H3Cl2IN2. The lowest BCUT2D eigenvalue weighted by atomic mass is 10.2. The van der Waals surface area contributed by atoms with Gasteiger partial charge in [-0.1, -0.05) is 23.2 Å². The third-order valence-corrected chi connectivity index (χ3v) is 3.26. The SMILES string of the molecule is N#Cc1cnc2c(Cl)cc(I)cc2c1Cl. The average Bonchev–Trinajstić information content (AvgIpc) is 2.19. The van der Waals surface area contributed by atoms with E-state index in [0.717, 1.165) is 3.57 Å². The lowest BCUT2D eigenvalue weighted by Crippen LogP contribution is -1.87. The van der Waals surface area contributed by atoms with E-state index in [1.54, 1.807) is 6.07 Å². The monoisotopic (exact) mass is 348 g/mol. The average molecular weight is 349 g/mol. The number of pyridine rings is 1. The molecule has 2 nitrogen and oxygen atoms in total. The molecule has 0 fully saturated rings. The first-order valence-electron chi connectivity index (χ1n) is 3.97. The van der Waals surface area contributed by atoms with Crippen molar-refractivity contribution in [2.45, 2.75) is 0 Å². The molecule has 1 aromatic heterocycles. The van der Waals surface area contributed by atoms with Crippen molar-refractivity contribution in [3.8, 4) is 6.07 Å². The molecule has 0 N–H and O–H groups in total. The standard InChI is InChI=1S/C10H3Cl2IN2/c11-8-2-6(13)1-7-9(12)5(3-14)4-15-10(7)8/h1-2,4H. The second kappa shape index (κ2) is 4.12. The maximum absolute atomic E-state index is 8.81. The fourth-order valence-corrected chi connectivity index (χ4v) is 2.58. The fraction of sp³-hybridized carbons (Fsp3) is 0. The van der Waals surface area contributed by atoms with Crippen molar-refractivity contribution in [2.75, 3.05) is 0 Å². The van der Waals surface area contributed by atoms with Crippen LogP contribution in [-0.4, -0.2) is 4.98 Å². The summed E-state index contributed by atoms with van der Waals surface area (Å²) in [6.45, 7) is 0. The van der Waals surface area contributed by atoms with Gasteiger partial charge in [0.05, 0.1) is 21.1 Å². The summed E-state index contributed by atoms with van der Waals surface area (Å²) in [5.41, 5.74) is 0.989. The molecule has 0 aliphatic carbocycles. The molecular weight excluding hydrogens is 346 g/mol. The Balaban J connectivity index is 2.94. The Morgan fingerprint density at radius 2 is 2.07 bits per heavy atom. The molecule has 74 valence electrons. The summed E-state index contributed by atoms with van der Waals surface area (Å²) >= 11 is 14.2. The van der Waals surface area contributed by atoms with Gasteiger partial charge in [-0.15, -0.1) is 0 Å². The summed E-state index contributed by atoms with van der Waals surface area (Å²) in [5.74, 6) is 0. The molecule has 2 rings (SSSR count). The number of hydrogen-bond acceptors (Lipinski definition) is 2. The molecule has 2 aromatic rings. The normalized spacial score (nSPS) is 10.3. The van der Waals surface area contributed by atoms with Crippen LogP contribution in [0.1, 0.15) is 5.56 Å². The first-order valence-corrected chi connectivity index (χ1v) is 5.80. The molecule has 0 aliphatic heterocycles. The Morgan fingerprint density at radius 1 is 1.33 bits per heavy atom. The van der Waals surface area contributed by atoms with E-state index in [4.69, 9.17) is 28.5 Å². The van der Waals surface area contributed by atoms with Gasteiger partial charge >= 0.3 is 0 Å². The highest BCUT2D eigenvalue weighted by Crippen LogP contribution is 2.31. The quantitative estimate of drug-likeness (QED) is 0.674. The first kappa shape index (κ1) is 10.9. The molecule has 15 heavy (non-hydrogen) atoms. The van der Waals surface area contributed by atoms with Crippen molar-refractivity contribution < 1.29 is 0 Å². The van der Waals surface area contributed by atoms with Crippen molar-refractivity contribution in [3.63, 3.8) is 0 Å². The number of halogens is 3. The molecule has 0 unspecified atom stereocenters. The summed E-state index contributed by atoms with van der Waals surface area (Å²) < 4.78 is 0.962. The van der Waals surface area contributed by atoms with Crippen molar-refractivity contribution in [1.29, 1.82) is 5.26 Å². The largest absolute Gasteiger partial charge is 0.253 e. The Kier molecular flexibility index (Phi) is 3.01. The Morgan fingerprint density at radius 3 is 2.73 bits per heavy atom. The maximum Gasteiger partial charge on any atom is 0.102 e. The van der Waals surface area contributed by atoms with Crippen molar-refractivity contribution in [1.82, 2.24) is 4.98 Å². The summed E-state index contributed by atoms with van der Waals surface area (Å²) in [6.07, 6.45) is 1.43. The van der Waals surface area contributed by atoms with Gasteiger partial charge < -0.3 is 0 Å². The van der Waals surface area contributed by atoms with Crippen LogP contribution in [0.2, 0.25) is 10.0 Å². The molecule has 1 heterocycles. The Bertz CT molecular complexity index is 590. The Labute approximate surface area is 110 Å². The van der Waals surface area contributed by atoms with E-state index in [9.17, 15) is 0 Å². The molecule has 0 radical (unpaired) electrons. The molecule has 0 amide bonds. The van der Waals surface area contributed by atoms with Gasteiger partial charge in [0.25, 0.3) is 0 Å². The number of nitrogens with zero attached hydrogens (tertiary/aromatic N) is 2.